The van der Waals surface area contributed by atoms with Gasteiger partial charge in [0.15, 0.2) is 5.84 Å². The summed E-state index contributed by atoms with van der Waals surface area (Å²) in [5.41, 5.74) is 7.06. The van der Waals surface area contributed by atoms with Crippen LogP contribution in [0.1, 0.15) is 32.0 Å². The monoisotopic (exact) mass is 193 g/mol. The summed E-state index contributed by atoms with van der Waals surface area (Å²) in [4.78, 5) is 4.10. The Morgan fingerprint density at radius 2 is 2.07 bits per heavy atom. The van der Waals surface area contributed by atoms with Crippen LogP contribution in [0.2, 0.25) is 0 Å². The SMILES string of the molecule is CC(C)(C)c1ccc(/C(N)=N/O)nc1. The zero-order valence-corrected chi connectivity index (χ0v) is 8.65. The molecule has 0 aliphatic rings. The van der Waals surface area contributed by atoms with Gasteiger partial charge >= 0.3 is 0 Å². The van der Waals surface area contributed by atoms with Crippen LogP contribution in [0, 0.1) is 0 Å². The highest BCUT2D eigenvalue weighted by Crippen LogP contribution is 2.20. The first-order chi connectivity index (χ1) is 6.45. The van der Waals surface area contributed by atoms with Gasteiger partial charge in [-0.1, -0.05) is 32.0 Å². The number of amidine groups is 1. The Morgan fingerprint density at radius 3 is 2.43 bits per heavy atom. The van der Waals surface area contributed by atoms with Gasteiger partial charge in [0.2, 0.25) is 0 Å². The van der Waals surface area contributed by atoms with Crippen LogP contribution in [0.3, 0.4) is 0 Å². The Labute approximate surface area is 83.5 Å². The van der Waals surface area contributed by atoms with E-state index in [-0.39, 0.29) is 11.3 Å². The van der Waals surface area contributed by atoms with E-state index in [2.05, 4.69) is 30.9 Å². The van der Waals surface area contributed by atoms with Gasteiger partial charge in [-0.3, -0.25) is 4.98 Å². The molecule has 76 valence electrons. The van der Waals surface area contributed by atoms with Crippen molar-refractivity contribution in [2.45, 2.75) is 26.2 Å². The molecule has 4 nitrogen and oxygen atoms in total. The number of pyridine rings is 1. The van der Waals surface area contributed by atoms with Crippen molar-refractivity contribution in [1.82, 2.24) is 4.98 Å². The van der Waals surface area contributed by atoms with Crippen molar-refractivity contribution in [3.05, 3.63) is 29.6 Å². The minimum Gasteiger partial charge on any atom is -0.409 e. The Morgan fingerprint density at radius 1 is 1.43 bits per heavy atom. The summed E-state index contributed by atoms with van der Waals surface area (Å²) < 4.78 is 0. The van der Waals surface area contributed by atoms with E-state index in [1.165, 1.54) is 0 Å². The average molecular weight is 193 g/mol. The largest absolute Gasteiger partial charge is 0.409 e. The Bertz CT molecular complexity index is 335. The second-order valence-corrected chi connectivity index (χ2v) is 4.17. The first-order valence-corrected chi connectivity index (χ1v) is 4.39. The molecule has 0 amide bonds. The molecule has 4 heteroatoms. The number of hydrogen-bond acceptors (Lipinski definition) is 3. The van der Waals surface area contributed by atoms with E-state index >= 15 is 0 Å². The van der Waals surface area contributed by atoms with Gasteiger partial charge in [0.1, 0.15) is 5.69 Å². The van der Waals surface area contributed by atoms with Gasteiger partial charge in [0, 0.05) is 6.20 Å². The van der Waals surface area contributed by atoms with Crippen LogP contribution >= 0.6 is 0 Å². The molecular weight excluding hydrogens is 178 g/mol. The number of nitrogens with zero attached hydrogens (tertiary/aromatic N) is 2. The van der Waals surface area contributed by atoms with Crippen LogP contribution in [-0.2, 0) is 5.41 Å². The molecule has 1 rings (SSSR count). The van der Waals surface area contributed by atoms with Crippen LogP contribution in [0.4, 0.5) is 0 Å². The van der Waals surface area contributed by atoms with E-state index in [1.807, 2.05) is 6.07 Å². The van der Waals surface area contributed by atoms with Crippen molar-refractivity contribution < 1.29 is 5.21 Å². The minimum absolute atomic E-state index is 0.0328. The van der Waals surface area contributed by atoms with Gasteiger partial charge in [-0.25, -0.2) is 0 Å². The number of hydrogen-bond donors (Lipinski definition) is 2. The third-order valence-corrected chi connectivity index (χ3v) is 2.00. The zero-order valence-electron chi connectivity index (χ0n) is 8.65. The first-order valence-electron chi connectivity index (χ1n) is 4.39. The normalized spacial score (nSPS) is 12.9. The molecule has 1 heterocycles. The lowest BCUT2D eigenvalue weighted by Gasteiger charge is -2.18. The van der Waals surface area contributed by atoms with Crippen molar-refractivity contribution in [3.63, 3.8) is 0 Å². The lowest BCUT2D eigenvalue weighted by Crippen LogP contribution is -2.17. The topological polar surface area (TPSA) is 71.5 Å². The van der Waals surface area contributed by atoms with E-state index in [9.17, 15) is 0 Å². The van der Waals surface area contributed by atoms with Crippen molar-refractivity contribution in [2.75, 3.05) is 0 Å². The van der Waals surface area contributed by atoms with Crippen LogP contribution in [0.15, 0.2) is 23.5 Å². The summed E-state index contributed by atoms with van der Waals surface area (Å²) >= 11 is 0. The summed E-state index contributed by atoms with van der Waals surface area (Å²) in [6, 6.07) is 3.68. The summed E-state index contributed by atoms with van der Waals surface area (Å²) in [5.74, 6) is 0.0328. The molecule has 0 fully saturated rings. The zero-order chi connectivity index (χ0) is 10.8. The van der Waals surface area contributed by atoms with Crippen LogP contribution in [0.5, 0.6) is 0 Å². The summed E-state index contributed by atoms with van der Waals surface area (Å²) in [6.07, 6.45) is 1.74. The number of nitrogens with two attached hydrogens (primary N) is 1. The molecule has 0 bridgehead atoms. The molecule has 0 spiro atoms. The van der Waals surface area contributed by atoms with Gasteiger partial charge in [-0.2, -0.15) is 0 Å². The molecule has 0 unspecified atom stereocenters. The maximum Gasteiger partial charge on any atom is 0.188 e. The second-order valence-electron chi connectivity index (χ2n) is 4.17. The highest BCUT2D eigenvalue weighted by Gasteiger charge is 2.13. The molecule has 14 heavy (non-hydrogen) atoms. The predicted molar refractivity (Wildman–Crippen MR) is 55.4 cm³/mol. The molecular formula is C10H15N3O. The molecule has 0 aliphatic carbocycles. The molecule has 0 saturated carbocycles. The minimum atomic E-state index is 0.0328. The first kappa shape index (κ1) is 10.5. The molecule has 0 aliphatic heterocycles. The van der Waals surface area contributed by atoms with E-state index in [1.54, 1.807) is 12.3 Å². The Kier molecular flexibility index (Phi) is 2.74. The molecule has 0 aromatic carbocycles. The van der Waals surface area contributed by atoms with Gasteiger partial charge in [-0.05, 0) is 17.0 Å². The third-order valence-electron chi connectivity index (χ3n) is 2.00. The van der Waals surface area contributed by atoms with Gasteiger partial charge in [-0.15, -0.1) is 0 Å². The van der Waals surface area contributed by atoms with Crippen LogP contribution in [0.25, 0.3) is 0 Å². The summed E-state index contributed by atoms with van der Waals surface area (Å²) in [5, 5.41) is 11.3. The summed E-state index contributed by atoms with van der Waals surface area (Å²) in [6.45, 7) is 6.31. The number of rotatable bonds is 1. The fourth-order valence-corrected chi connectivity index (χ4v) is 1.04. The highest BCUT2D eigenvalue weighted by atomic mass is 16.4. The van der Waals surface area contributed by atoms with E-state index < -0.39 is 0 Å². The smallest absolute Gasteiger partial charge is 0.188 e. The van der Waals surface area contributed by atoms with Gasteiger partial charge in [0.25, 0.3) is 0 Å². The quantitative estimate of drug-likeness (QED) is 0.307. The maximum atomic E-state index is 8.44. The van der Waals surface area contributed by atoms with Crippen LogP contribution in [-0.4, -0.2) is 16.0 Å². The Hall–Kier alpha value is -1.58. The van der Waals surface area contributed by atoms with Crippen molar-refractivity contribution in [2.24, 2.45) is 10.9 Å². The molecule has 1 aromatic heterocycles. The van der Waals surface area contributed by atoms with Gasteiger partial charge < -0.3 is 10.9 Å². The summed E-state index contributed by atoms with van der Waals surface area (Å²) in [7, 11) is 0. The lowest BCUT2D eigenvalue weighted by atomic mass is 9.88. The number of oxime groups is 1. The molecule has 0 radical (unpaired) electrons. The van der Waals surface area contributed by atoms with E-state index in [0.717, 1.165) is 5.56 Å². The standard InChI is InChI=1S/C10H15N3O/c1-10(2,3)7-4-5-8(12-6-7)9(11)13-14/h4-6,14H,1-3H3,(H2,11,13). The van der Waals surface area contributed by atoms with Crippen molar-refractivity contribution >= 4 is 5.84 Å². The highest BCUT2D eigenvalue weighted by molar-refractivity contribution is 5.95. The third kappa shape index (κ3) is 2.22. The van der Waals surface area contributed by atoms with Gasteiger partial charge in [0.05, 0.1) is 0 Å². The fourth-order valence-electron chi connectivity index (χ4n) is 1.04. The fraction of sp³-hybridized carbons (Fsp3) is 0.400. The average Bonchev–Trinajstić information content (AvgIpc) is 2.15. The molecule has 1 aromatic rings. The second kappa shape index (κ2) is 3.65. The predicted octanol–water partition coefficient (Wildman–Crippen LogP) is 1.47. The molecule has 3 N–H and O–H groups in total. The Balaban J connectivity index is 3.01. The van der Waals surface area contributed by atoms with Crippen molar-refractivity contribution in [3.8, 4) is 0 Å². The molecule has 0 saturated heterocycles. The maximum absolute atomic E-state index is 8.44. The van der Waals surface area contributed by atoms with Crippen molar-refractivity contribution in [1.29, 1.82) is 0 Å². The lowest BCUT2D eigenvalue weighted by molar-refractivity contribution is 0.318. The van der Waals surface area contributed by atoms with Crippen LogP contribution < -0.4 is 5.73 Å². The van der Waals surface area contributed by atoms with E-state index in [0.29, 0.717) is 5.69 Å². The number of aromatic nitrogens is 1. The molecule has 0 atom stereocenters. The van der Waals surface area contributed by atoms with E-state index in [4.69, 9.17) is 10.9 Å².